The van der Waals surface area contributed by atoms with Crippen LogP contribution in [0, 0.1) is 0 Å². The second kappa shape index (κ2) is 12.0. The number of rotatable bonds is 4. The molecule has 0 saturated heterocycles. The Kier molecular flexibility index (Phi) is 7.05. The Morgan fingerprint density at radius 2 is 1.16 bits per heavy atom. The number of aromatic amines is 2. The van der Waals surface area contributed by atoms with Crippen molar-refractivity contribution in [1.29, 1.82) is 0 Å². The van der Waals surface area contributed by atoms with Crippen LogP contribution in [0.3, 0.4) is 0 Å². The van der Waals surface area contributed by atoms with E-state index < -0.39 is 0 Å². The summed E-state index contributed by atoms with van der Waals surface area (Å²) in [6, 6.07) is 34.9. The molecule has 8 nitrogen and oxygen atoms in total. The molecule has 9 rings (SSSR count). The van der Waals surface area contributed by atoms with E-state index in [-0.39, 0.29) is 0 Å². The van der Waals surface area contributed by atoms with Crippen molar-refractivity contribution < 1.29 is 9.13 Å². The second-order valence-electron chi connectivity index (χ2n) is 12.4. The first-order chi connectivity index (χ1) is 24.6. The van der Waals surface area contributed by atoms with Gasteiger partial charge >= 0.3 is 0 Å². The van der Waals surface area contributed by atoms with E-state index >= 15 is 0 Å². The predicted octanol–water partition coefficient (Wildman–Crippen LogP) is 7.51. The van der Waals surface area contributed by atoms with Gasteiger partial charge in [0.2, 0.25) is 11.4 Å². The topological polar surface area (TPSA) is 90.9 Å². The van der Waals surface area contributed by atoms with E-state index in [9.17, 15) is 0 Å². The highest BCUT2D eigenvalue weighted by Crippen LogP contribution is 2.43. The molecule has 238 valence electrons. The zero-order chi connectivity index (χ0) is 33.6. The number of hydrogen-bond donors (Lipinski definition) is 2. The molecule has 9 heterocycles. The van der Waals surface area contributed by atoms with Crippen LogP contribution in [0.4, 0.5) is 0 Å². The van der Waals surface area contributed by atoms with Crippen LogP contribution in [0.2, 0.25) is 0 Å². The normalized spacial score (nSPS) is 12.2. The van der Waals surface area contributed by atoms with Crippen molar-refractivity contribution in [3.63, 3.8) is 0 Å². The van der Waals surface area contributed by atoms with E-state index in [0.29, 0.717) is 0 Å². The zero-order valence-electron chi connectivity index (χ0n) is 27.5. The predicted molar refractivity (Wildman–Crippen MR) is 198 cm³/mol. The third-order valence-electron chi connectivity index (χ3n) is 9.10. The molecule has 8 bridgehead atoms. The van der Waals surface area contributed by atoms with E-state index in [2.05, 4.69) is 112 Å². The van der Waals surface area contributed by atoms with Crippen molar-refractivity contribution in [1.82, 2.24) is 29.9 Å². The van der Waals surface area contributed by atoms with E-state index in [4.69, 9.17) is 19.9 Å². The number of aromatic nitrogens is 8. The maximum Gasteiger partial charge on any atom is 0.216 e. The Bertz CT molecular complexity index is 2670. The van der Waals surface area contributed by atoms with Crippen molar-refractivity contribution in [2.24, 2.45) is 14.1 Å². The van der Waals surface area contributed by atoms with Crippen LogP contribution in [0.1, 0.15) is 28.5 Å². The molecule has 0 unspecified atom stereocenters. The zero-order valence-corrected chi connectivity index (χ0v) is 27.5. The summed E-state index contributed by atoms with van der Waals surface area (Å²) in [5.74, 6) is 0. The minimum Gasteiger partial charge on any atom is -0.355 e. The van der Waals surface area contributed by atoms with E-state index in [0.717, 1.165) is 89.9 Å². The summed E-state index contributed by atoms with van der Waals surface area (Å²) >= 11 is 0. The molecule has 0 aromatic carbocycles. The van der Waals surface area contributed by atoms with Crippen molar-refractivity contribution in [3.8, 4) is 33.8 Å². The number of hydrogen-bond acceptors (Lipinski definition) is 4. The molecule has 0 radical (unpaired) electrons. The van der Waals surface area contributed by atoms with E-state index in [1.165, 1.54) is 0 Å². The molecule has 0 atom stereocenters. The van der Waals surface area contributed by atoms with Crippen molar-refractivity contribution in [2.45, 2.75) is 0 Å². The Labute approximate surface area is 288 Å². The molecular weight excluding hydrogens is 617 g/mol. The molecule has 0 spiro atoms. The van der Waals surface area contributed by atoms with Crippen molar-refractivity contribution in [2.75, 3.05) is 0 Å². The molecule has 2 N–H and O–H groups in total. The lowest BCUT2D eigenvalue weighted by atomic mass is 9.96. The SMILES string of the molecule is C[n+]1ccccc1C1=Cc2cc3ccc(cc4nc(cc5[nH]c(c(-c6cccc[n+]6C)c1n2)c(-c1ccccn1)c5-c1ccccn1)C=C4)[nH]3. The van der Waals surface area contributed by atoms with Gasteiger partial charge in [0.05, 0.1) is 56.3 Å². The molecule has 7 aromatic rings. The molecule has 2 aliphatic rings. The fourth-order valence-electron chi connectivity index (χ4n) is 6.83. The maximum atomic E-state index is 5.44. The van der Waals surface area contributed by atoms with Gasteiger partial charge in [-0.3, -0.25) is 9.97 Å². The number of pyridine rings is 4. The number of H-pyrrole nitrogens is 2. The molecule has 7 aromatic heterocycles. The van der Waals surface area contributed by atoms with Crippen LogP contribution in [-0.2, 0) is 14.1 Å². The summed E-state index contributed by atoms with van der Waals surface area (Å²) in [7, 11) is 4.14. The number of nitrogens with one attached hydrogen (secondary N) is 2. The van der Waals surface area contributed by atoms with Gasteiger partial charge in [0.1, 0.15) is 14.1 Å². The summed E-state index contributed by atoms with van der Waals surface area (Å²) in [6.07, 6.45) is 14.1. The smallest absolute Gasteiger partial charge is 0.216 e. The van der Waals surface area contributed by atoms with Crippen molar-refractivity contribution >= 4 is 45.9 Å². The van der Waals surface area contributed by atoms with Crippen LogP contribution in [0.15, 0.2) is 128 Å². The Hall–Kier alpha value is -6.80. The van der Waals surface area contributed by atoms with Crippen LogP contribution in [0.5, 0.6) is 0 Å². The Morgan fingerprint density at radius 1 is 0.540 bits per heavy atom. The second-order valence-corrected chi connectivity index (χ2v) is 12.4. The summed E-state index contributed by atoms with van der Waals surface area (Å²) in [6.45, 7) is 0. The van der Waals surface area contributed by atoms with Gasteiger partial charge in [-0.2, -0.15) is 0 Å². The molecule has 0 fully saturated rings. The fourth-order valence-corrected chi connectivity index (χ4v) is 6.83. The molecule has 0 amide bonds. The first-order valence-electron chi connectivity index (χ1n) is 16.5. The molecule has 0 saturated carbocycles. The Morgan fingerprint density at radius 3 is 1.82 bits per heavy atom. The van der Waals surface area contributed by atoms with Gasteiger partial charge in [-0.05, 0) is 85.0 Å². The average Bonchev–Trinajstić information content (AvgIpc) is 3.94. The summed E-state index contributed by atoms with van der Waals surface area (Å²) in [5, 5.41) is 0. The van der Waals surface area contributed by atoms with Gasteiger partial charge < -0.3 is 9.97 Å². The number of nitrogens with zero attached hydrogens (tertiary/aromatic N) is 6. The van der Waals surface area contributed by atoms with E-state index in [1.807, 2.05) is 67.0 Å². The average molecular weight is 649 g/mol. The van der Waals surface area contributed by atoms with Crippen molar-refractivity contribution in [3.05, 3.63) is 156 Å². The monoisotopic (exact) mass is 648 g/mol. The quantitative estimate of drug-likeness (QED) is 0.193. The van der Waals surface area contributed by atoms with Gasteiger partial charge in [0, 0.05) is 58.8 Å². The number of aryl methyl sites for hydroxylation is 2. The lowest BCUT2D eigenvalue weighted by Crippen LogP contribution is -2.33. The largest absolute Gasteiger partial charge is 0.355 e. The van der Waals surface area contributed by atoms with Gasteiger partial charge in [0.15, 0.2) is 12.4 Å². The van der Waals surface area contributed by atoms with Crippen LogP contribution < -0.4 is 9.13 Å². The summed E-state index contributed by atoms with van der Waals surface area (Å²) in [4.78, 5) is 27.7. The lowest BCUT2D eigenvalue weighted by Gasteiger charge is -2.09. The first kappa shape index (κ1) is 29.3. The summed E-state index contributed by atoms with van der Waals surface area (Å²) in [5.41, 5.74) is 14.5. The van der Waals surface area contributed by atoms with Crippen LogP contribution in [0.25, 0.3) is 79.6 Å². The Balaban J connectivity index is 1.56. The lowest BCUT2D eigenvalue weighted by molar-refractivity contribution is -0.673. The molecule has 50 heavy (non-hydrogen) atoms. The minimum atomic E-state index is 0.821. The maximum absolute atomic E-state index is 5.44. The highest BCUT2D eigenvalue weighted by atomic mass is 14.9. The molecule has 0 aliphatic carbocycles. The first-order valence-corrected chi connectivity index (χ1v) is 16.5. The van der Waals surface area contributed by atoms with Gasteiger partial charge in [-0.25, -0.2) is 19.1 Å². The van der Waals surface area contributed by atoms with Crippen LogP contribution in [-0.4, -0.2) is 29.9 Å². The minimum absolute atomic E-state index is 0.821. The highest BCUT2D eigenvalue weighted by molar-refractivity contribution is 6.09. The fraction of sp³-hybridized carbons (Fsp3) is 0.0476. The van der Waals surface area contributed by atoms with Crippen LogP contribution >= 0.6 is 0 Å². The molecule has 8 heteroatoms. The van der Waals surface area contributed by atoms with Gasteiger partial charge in [-0.1, -0.05) is 12.1 Å². The summed E-state index contributed by atoms with van der Waals surface area (Å²) < 4.78 is 4.29. The third-order valence-corrected chi connectivity index (χ3v) is 9.10. The molecular formula is C42H32N8+2. The van der Waals surface area contributed by atoms with Gasteiger partial charge in [-0.15, -0.1) is 0 Å². The highest BCUT2D eigenvalue weighted by Gasteiger charge is 2.30. The number of fused-ring (bicyclic) bond motifs is 8. The third kappa shape index (κ3) is 5.20. The standard InChI is InChI=1S/C42H30N8/c1-49-21-9-5-13-36(49)32-25-31-24-29-16-15-27(45-29)23-28-17-18-30(46-28)26-35-38(33-11-3-7-19-43-33)39(34-12-4-8-20-44-34)42(48-35)40(41(32)47-31)37-14-6-10-22-50(37)2/h3-26H,1-2H3/p+2. The molecule has 2 aliphatic heterocycles. The van der Waals surface area contributed by atoms with E-state index in [1.54, 1.807) is 0 Å². The van der Waals surface area contributed by atoms with Gasteiger partial charge in [0.25, 0.3) is 0 Å².